The lowest BCUT2D eigenvalue weighted by molar-refractivity contribution is 0.0995. The van der Waals surface area contributed by atoms with Crippen molar-refractivity contribution < 1.29 is 4.79 Å². The van der Waals surface area contributed by atoms with Gasteiger partial charge in [0, 0.05) is 11.9 Å². The molecular formula is C16H17N3O. The molecule has 0 aliphatic heterocycles. The highest BCUT2D eigenvalue weighted by Crippen LogP contribution is 2.32. The molecule has 1 amide bonds. The second kappa shape index (κ2) is 5.33. The average molecular weight is 267 g/mol. The maximum atomic E-state index is 11.2. The summed E-state index contributed by atoms with van der Waals surface area (Å²) in [5.41, 5.74) is 9.19. The second-order valence-electron chi connectivity index (χ2n) is 5.08. The van der Waals surface area contributed by atoms with Gasteiger partial charge in [-0.1, -0.05) is 24.3 Å². The number of hydrogen-bond donors (Lipinski definition) is 2. The van der Waals surface area contributed by atoms with Crippen LogP contribution in [-0.2, 0) is 6.42 Å². The molecule has 0 saturated carbocycles. The number of carbonyl (C=O) groups excluding carboxylic acids is 1. The summed E-state index contributed by atoms with van der Waals surface area (Å²) in [6.07, 6.45) is 5.00. The summed E-state index contributed by atoms with van der Waals surface area (Å²) in [6, 6.07) is 12.4. The molecule has 1 heterocycles. The van der Waals surface area contributed by atoms with E-state index in [-0.39, 0.29) is 6.04 Å². The smallest absolute Gasteiger partial charge is 0.267 e. The molecule has 1 atom stereocenters. The van der Waals surface area contributed by atoms with Crippen LogP contribution in [-0.4, -0.2) is 10.9 Å². The van der Waals surface area contributed by atoms with Crippen molar-refractivity contribution in [2.24, 2.45) is 5.73 Å². The Morgan fingerprint density at radius 1 is 1.30 bits per heavy atom. The van der Waals surface area contributed by atoms with Crippen LogP contribution in [0.25, 0.3) is 0 Å². The molecule has 102 valence electrons. The number of amides is 1. The fourth-order valence-corrected chi connectivity index (χ4v) is 2.76. The molecule has 0 spiro atoms. The van der Waals surface area contributed by atoms with Crippen molar-refractivity contribution in [2.45, 2.75) is 25.3 Å². The van der Waals surface area contributed by atoms with E-state index in [4.69, 9.17) is 5.73 Å². The van der Waals surface area contributed by atoms with E-state index in [1.807, 2.05) is 6.07 Å². The first-order chi connectivity index (χ1) is 9.74. The molecule has 3 rings (SSSR count). The highest BCUT2D eigenvalue weighted by atomic mass is 16.1. The number of carbonyl (C=O) groups is 1. The topological polar surface area (TPSA) is 68.0 Å². The predicted octanol–water partition coefficient (Wildman–Crippen LogP) is 2.67. The third-order valence-corrected chi connectivity index (χ3v) is 3.72. The van der Waals surface area contributed by atoms with Crippen LogP contribution in [0.5, 0.6) is 0 Å². The first kappa shape index (κ1) is 12.7. The minimum Gasteiger partial charge on any atom is -0.378 e. The van der Waals surface area contributed by atoms with Gasteiger partial charge in [-0.3, -0.25) is 9.78 Å². The van der Waals surface area contributed by atoms with Gasteiger partial charge in [0.05, 0.1) is 6.04 Å². The first-order valence-corrected chi connectivity index (χ1v) is 6.84. The summed E-state index contributed by atoms with van der Waals surface area (Å²) in [5, 5.41) is 3.48. The molecule has 0 fully saturated rings. The molecular weight excluding hydrogens is 250 g/mol. The summed E-state index contributed by atoms with van der Waals surface area (Å²) in [4.78, 5) is 15.1. The highest BCUT2D eigenvalue weighted by molar-refractivity contribution is 5.91. The predicted molar refractivity (Wildman–Crippen MR) is 78.5 cm³/mol. The fraction of sp³-hybridized carbons (Fsp3) is 0.250. The van der Waals surface area contributed by atoms with Gasteiger partial charge >= 0.3 is 0 Å². The van der Waals surface area contributed by atoms with E-state index in [0.717, 1.165) is 18.5 Å². The Morgan fingerprint density at radius 2 is 2.15 bits per heavy atom. The molecule has 1 aromatic heterocycles. The molecule has 1 aromatic carbocycles. The summed E-state index contributed by atoms with van der Waals surface area (Å²) in [7, 11) is 0. The van der Waals surface area contributed by atoms with Crippen LogP contribution in [0.2, 0.25) is 0 Å². The fourth-order valence-electron chi connectivity index (χ4n) is 2.76. The monoisotopic (exact) mass is 267 g/mol. The largest absolute Gasteiger partial charge is 0.378 e. The van der Waals surface area contributed by atoms with E-state index < -0.39 is 5.91 Å². The molecule has 1 aliphatic carbocycles. The molecule has 0 bridgehead atoms. The Labute approximate surface area is 118 Å². The van der Waals surface area contributed by atoms with E-state index >= 15 is 0 Å². The Morgan fingerprint density at radius 3 is 3.00 bits per heavy atom. The number of fused-ring (bicyclic) bond motifs is 1. The van der Waals surface area contributed by atoms with Crippen LogP contribution in [0.1, 0.15) is 40.5 Å². The van der Waals surface area contributed by atoms with Gasteiger partial charge in [-0.15, -0.1) is 0 Å². The van der Waals surface area contributed by atoms with Crippen molar-refractivity contribution >= 4 is 11.6 Å². The van der Waals surface area contributed by atoms with Gasteiger partial charge in [-0.05, 0) is 42.5 Å². The number of rotatable bonds is 3. The molecule has 0 saturated heterocycles. The van der Waals surface area contributed by atoms with Crippen LogP contribution in [0, 0.1) is 0 Å². The zero-order valence-electron chi connectivity index (χ0n) is 11.2. The second-order valence-corrected chi connectivity index (χ2v) is 5.08. The quantitative estimate of drug-likeness (QED) is 0.898. The number of aryl methyl sites for hydroxylation is 1. The molecule has 1 aliphatic rings. The Bertz CT molecular complexity index is 639. The van der Waals surface area contributed by atoms with Gasteiger partial charge in [-0.2, -0.15) is 0 Å². The van der Waals surface area contributed by atoms with Crippen LogP contribution < -0.4 is 11.1 Å². The van der Waals surface area contributed by atoms with Crippen LogP contribution in [0.15, 0.2) is 42.6 Å². The number of nitrogens with one attached hydrogen (secondary N) is 1. The lowest BCUT2D eigenvalue weighted by Gasteiger charge is -2.27. The zero-order valence-corrected chi connectivity index (χ0v) is 11.2. The average Bonchev–Trinajstić information content (AvgIpc) is 2.48. The van der Waals surface area contributed by atoms with Crippen molar-refractivity contribution in [3.05, 3.63) is 59.4 Å². The number of nitrogens with zero attached hydrogens (tertiary/aromatic N) is 1. The highest BCUT2D eigenvalue weighted by Gasteiger charge is 2.19. The number of benzene rings is 1. The van der Waals surface area contributed by atoms with E-state index in [0.29, 0.717) is 5.69 Å². The van der Waals surface area contributed by atoms with Gasteiger partial charge < -0.3 is 11.1 Å². The molecule has 3 N–H and O–H groups in total. The maximum absolute atomic E-state index is 11.2. The van der Waals surface area contributed by atoms with Crippen molar-refractivity contribution in [3.63, 3.8) is 0 Å². The van der Waals surface area contributed by atoms with E-state index in [2.05, 4.69) is 34.6 Å². The standard InChI is InChI=1S/C16H17N3O/c17-16(20)15-10-12(8-9-18-15)19-14-7-3-5-11-4-1-2-6-13(11)14/h1-2,4,6,8-10,14H,3,5,7H2,(H2,17,20)(H,18,19). The molecule has 20 heavy (non-hydrogen) atoms. The minimum absolute atomic E-state index is 0.281. The van der Waals surface area contributed by atoms with Gasteiger partial charge in [-0.25, -0.2) is 0 Å². The molecule has 4 heteroatoms. The van der Waals surface area contributed by atoms with E-state index in [1.165, 1.54) is 17.5 Å². The number of pyridine rings is 1. The summed E-state index contributed by atoms with van der Waals surface area (Å²) in [5.74, 6) is -0.502. The number of anilines is 1. The van der Waals surface area contributed by atoms with Gasteiger partial charge in [0.25, 0.3) is 5.91 Å². The number of hydrogen-bond acceptors (Lipinski definition) is 3. The lowest BCUT2D eigenvalue weighted by atomic mass is 9.87. The van der Waals surface area contributed by atoms with Crippen molar-refractivity contribution in [2.75, 3.05) is 5.32 Å². The van der Waals surface area contributed by atoms with E-state index in [9.17, 15) is 4.79 Å². The lowest BCUT2D eigenvalue weighted by Crippen LogP contribution is -2.18. The molecule has 2 aromatic rings. The summed E-state index contributed by atoms with van der Waals surface area (Å²) >= 11 is 0. The van der Waals surface area contributed by atoms with Crippen LogP contribution in [0.4, 0.5) is 5.69 Å². The number of aromatic nitrogens is 1. The van der Waals surface area contributed by atoms with Crippen molar-refractivity contribution in [1.82, 2.24) is 4.98 Å². The molecule has 4 nitrogen and oxygen atoms in total. The number of primary amides is 1. The summed E-state index contributed by atoms with van der Waals surface area (Å²) < 4.78 is 0. The zero-order chi connectivity index (χ0) is 13.9. The maximum Gasteiger partial charge on any atom is 0.267 e. The molecule has 1 unspecified atom stereocenters. The summed E-state index contributed by atoms with van der Waals surface area (Å²) in [6.45, 7) is 0. The van der Waals surface area contributed by atoms with Crippen molar-refractivity contribution in [1.29, 1.82) is 0 Å². The Hall–Kier alpha value is -2.36. The minimum atomic E-state index is -0.502. The SMILES string of the molecule is NC(=O)c1cc(NC2CCCc3ccccc32)ccn1. The first-order valence-electron chi connectivity index (χ1n) is 6.84. The Kier molecular flexibility index (Phi) is 3.37. The van der Waals surface area contributed by atoms with Crippen LogP contribution in [0.3, 0.4) is 0 Å². The molecule has 0 radical (unpaired) electrons. The van der Waals surface area contributed by atoms with Crippen molar-refractivity contribution in [3.8, 4) is 0 Å². The van der Waals surface area contributed by atoms with Crippen LogP contribution >= 0.6 is 0 Å². The van der Waals surface area contributed by atoms with E-state index in [1.54, 1.807) is 12.3 Å². The number of nitrogens with two attached hydrogens (primary N) is 1. The third-order valence-electron chi connectivity index (χ3n) is 3.72. The van der Waals surface area contributed by atoms with Gasteiger partial charge in [0.15, 0.2) is 0 Å². The van der Waals surface area contributed by atoms with Gasteiger partial charge in [0.1, 0.15) is 5.69 Å². The normalized spacial score (nSPS) is 17.3. The van der Waals surface area contributed by atoms with Gasteiger partial charge in [0.2, 0.25) is 0 Å². The Balaban J connectivity index is 1.85. The third kappa shape index (κ3) is 2.50.